The van der Waals surface area contributed by atoms with Crippen LogP contribution in [0.15, 0.2) is 48.5 Å². The second-order valence-corrected chi connectivity index (χ2v) is 5.45. The fraction of sp³-hybridized carbons (Fsp3) is 0.167. The van der Waals surface area contributed by atoms with Crippen molar-refractivity contribution in [3.05, 3.63) is 70.0 Å². The molecule has 0 spiro atoms. The summed E-state index contributed by atoms with van der Waals surface area (Å²) in [6, 6.07) is 11.9. The van der Waals surface area contributed by atoms with Crippen LogP contribution in [0, 0.1) is 15.9 Å². The summed E-state index contributed by atoms with van der Waals surface area (Å²) in [7, 11) is 0. The first kappa shape index (κ1) is 17.4. The van der Waals surface area contributed by atoms with Crippen molar-refractivity contribution in [2.75, 3.05) is 6.61 Å². The van der Waals surface area contributed by atoms with E-state index in [9.17, 15) is 19.3 Å². The van der Waals surface area contributed by atoms with Gasteiger partial charge in [0.15, 0.2) is 0 Å². The summed E-state index contributed by atoms with van der Waals surface area (Å²) >= 11 is 0. The molecule has 0 unspecified atom stereocenters. The summed E-state index contributed by atoms with van der Waals surface area (Å²) in [4.78, 5) is 22.2. The van der Waals surface area contributed by atoms with Crippen LogP contribution in [-0.4, -0.2) is 22.3 Å². The van der Waals surface area contributed by atoms with Gasteiger partial charge in [0.2, 0.25) is 5.88 Å². The topological polar surface area (TPSA) is 83.6 Å². The van der Waals surface area contributed by atoms with Gasteiger partial charge in [-0.05, 0) is 19.1 Å². The molecule has 3 aromatic rings. The normalized spacial score (nSPS) is 10.7. The van der Waals surface area contributed by atoms with E-state index in [0.717, 1.165) is 0 Å². The minimum Gasteiger partial charge on any atom is -0.434 e. The first-order chi connectivity index (χ1) is 12.5. The summed E-state index contributed by atoms with van der Waals surface area (Å²) in [6.07, 6.45) is -0.903. The average Bonchev–Trinajstić information content (AvgIpc) is 2.93. The first-order valence-corrected chi connectivity index (χ1v) is 7.85. The van der Waals surface area contributed by atoms with Crippen molar-refractivity contribution in [3.8, 4) is 5.88 Å². The van der Waals surface area contributed by atoms with Crippen molar-refractivity contribution >= 4 is 22.7 Å². The van der Waals surface area contributed by atoms with Gasteiger partial charge in [-0.25, -0.2) is 9.18 Å². The maximum atomic E-state index is 14.0. The van der Waals surface area contributed by atoms with Gasteiger partial charge in [0, 0.05) is 29.1 Å². The number of carbonyl (C=O) groups excluding carboxylic acids is 1. The van der Waals surface area contributed by atoms with Crippen LogP contribution >= 0.6 is 0 Å². The van der Waals surface area contributed by atoms with Gasteiger partial charge in [-0.2, -0.15) is 0 Å². The Labute approximate surface area is 147 Å². The minimum atomic E-state index is -0.903. The molecule has 0 atom stereocenters. The molecule has 0 radical (unpaired) electrons. The van der Waals surface area contributed by atoms with Gasteiger partial charge in [-0.3, -0.25) is 10.1 Å². The molecule has 7 nitrogen and oxygen atoms in total. The van der Waals surface area contributed by atoms with Crippen molar-refractivity contribution in [3.63, 3.8) is 0 Å². The lowest BCUT2D eigenvalue weighted by Gasteiger charge is -2.11. The highest BCUT2D eigenvalue weighted by molar-refractivity contribution is 5.85. The number of ether oxygens (including phenoxy) is 2. The third kappa shape index (κ3) is 3.49. The number of fused-ring (bicyclic) bond motifs is 1. The Bertz CT molecular complexity index is 983. The van der Waals surface area contributed by atoms with Crippen molar-refractivity contribution in [1.82, 2.24) is 4.57 Å². The van der Waals surface area contributed by atoms with Crippen molar-refractivity contribution in [2.45, 2.75) is 13.5 Å². The predicted octanol–water partition coefficient (Wildman–Crippen LogP) is 4.27. The summed E-state index contributed by atoms with van der Waals surface area (Å²) in [5.74, 6) is -0.291. The number of nitrogens with zero attached hydrogens (tertiary/aromatic N) is 2. The maximum absolute atomic E-state index is 14.0. The van der Waals surface area contributed by atoms with Crippen LogP contribution in [0.2, 0.25) is 0 Å². The van der Waals surface area contributed by atoms with Crippen LogP contribution < -0.4 is 4.74 Å². The van der Waals surface area contributed by atoms with E-state index >= 15 is 0 Å². The molecule has 2 aromatic carbocycles. The number of rotatable bonds is 5. The molecule has 0 fully saturated rings. The highest BCUT2D eigenvalue weighted by Gasteiger charge is 2.18. The zero-order valence-corrected chi connectivity index (χ0v) is 13.8. The predicted molar refractivity (Wildman–Crippen MR) is 91.7 cm³/mol. The Morgan fingerprint density at radius 3 is 2.69 bits per heavy atom. The molecule has 0 bridgehead atoms. The summed E-state index contributed by atoms with van der Waals surface area (Å²) in [5, 5.41) is 11.5. The van der Waals surface area contributed by atoms with E-state index < -0.39 is 16.9 Å². The first-order valence-electron chi connectivity index (χ1n) is 7.85. The molecular formula is C18H15FN2O5. The Morgan fingerprint density at radius 2 is 2.00 bits per heavy atom. The van der Waals surface area contributed by atoms with Crippen LogP contribution in [-0.2, 0) is 11.3 Å². The molecule has 0 saturated heterocycles. The molecule has 1 heterocycles. The number of aromatic nitrogens is 1. The van der Waals surface area contributed by atoms with Gasteiger partial charge in [0.25, 0.3) is 5.69 Å². The van der Waals surface area contributed by atoms with E-state index in [0.29, 0.717) is 16.5 Å². The van der Waals surface area contributed by atoms with Crippen LogP contribution in [0.3, 0.4) is 0 Å². The number of nitro groups is 1. The van der Waals surface area contributed by atoms with Crippen molar-refractivity contribution < 1.29 is 23.6 Å². The van der Waals surface area contributed by atoms with E-state index in [1.807, 2.05) is 0 Å². The van der Waals surface area contributed by atoms with E-state index in [1.165, 1.54) is 30.3 Å². The highest BCUT2D eigenvalue weighted by atomic mass is 19.1. The molecular weight excluding hydrogens is 343 g/mol. The van der Waals surface area contributed by atoms with Crippen molar-refractivity contribution in [2.24, 2.45) is 0 Å². The maximum Gasteiger partial charge on any atom is 0.515 e. The second kappa shape index (κ2) is 7.22. The fourth-order valence-corrected chi connectivity index (χ4v) is 2.62. The molecule has 0 aliphatic rings. The van der Waals surface area contributed by atoms with Gasteiger partial charge >= 0.3 is 6.16 Å². The fourth-order valence-electron chi connectivity index (χ4n) is 2.62. The molecule has 8 heteroatoms. The Hall–Kier alpha value is -3.42. The number of hydrogen-bond acceptors (Lipinski definition) is 5. The van der Waals surface area contributed by atoms with E-state index in [1.54, 1.807) is 29.7 Å². The number of carbonyl (C=O) groups is 1. The van der Waals surface area contributed by atoms with Crippen LogP contribution in [0.1, 0.15) is 12.5 Å². The van der Waals surface area contributed by atoms with E-state index in [2.05, 4.69) is 0 Å². The molecule has 26 heavy (non-hydrogen) atoms. The summed E-state index contributed by atoms with van der Waals surface area (Å²) in [6.45, 7) is 1.86. The van der Waals surface area contributed by atoms with Gasteiger partial charge < -0.3 is 14.0 Å². The molecule has 3 rings (SSSR count). The quantitative estimate of drug-likeness (QED) is 0.386. The lowest BCUT2D eigenvalue weighted by Crippen LogP contribution is -2.13. The number of nitro benzene ring substituents is 1. The van der Waals surface area contributed by atoms with Crippen molar-refractivity contribution in [1.29, 1.82) is 0 Å². The van der Waals surface area contributed by atoms with Crippen LogP contribution in [0.5, 0.6) is 5.88 Å². The average molecular weight is 358 g/mol. The number of halogens is 1. The second-order valence-electron chi connectivity index (χ2n) is 5.45. The summed E-state index contributed by atoms with van der Waals surface area (Å²) in [5.41, 5.74) is 0.860. The minimum absolute atomic E-state index is 0.0860. The Kier molecular flexibility index (Phi) is 4.83. The molecule has 0 aliphatic heterocycles. The SMILES string of the molecule is CCOC(=O)Oc1cc2cc([N+](=O)[O-])ccc2n1Cc1ccccc1F. The highest BCUT2D eigenvalue weighted by Crippen LogP contribution is 2.30. The Morgan fingerprint density at radius 1 is 1.23 bits per heavy atom. The standard InChI is InChI=1S/C18H15FN2O5/c1-2-25-18(22)26-17-10-13-9-14(21(23)24)7-8-16(13)20(17)11-12-5-3-4-6-15(12)19/h3-10H,2,11H2,1H3. The summed E-state index contributed by atoms with van der Waals surface area (Å²) < 4.78 is 25.6. The monoisotopic (exact) mass is 358 g/mol. The zero-order valence-electron chi connectivity index (χ0n) is 13.8. The Balaban J connectivity index is 2.08. The number of hydrogen-bond donors (Lipinski definition) is 0. The third-order valence-corrected chi connectivity index (χ3v) is 3.79. The van der Waals surface area contributed by atoms with E-state index in [-0.39, 0.29) is 24.7 Å². The van der Waals surface area contributed by atoms with Gasteiger partial charge in [-0.1, -0.05) is 18.2 Å². The van der Waals surface area contributed by atoms with Crippen LogP contribution in [0.4, 0.5) is 14.9 Å². The lowest BCUT2D eigenvalue weighted by molar-refractivity contribution is -0.384. The molecule has 1 aromatic heterocycles. The third-order valence-electron chi connectivity index (χ3n) is 3.79. The zero-order chi connectivity index (χ0) is 18.7. The van der Waals surface area contributed by atoms with Crippen LogP contribution in [0.25, 0.3) is 10.9 Å². The molecule has 0 amide bonds. The molecule has 0 aliphatic carbocycles. The van der Waals surface area contributed by atoms with Gasteiger partial charge in [0.1, 0.15) is 5.82 Å². The van der Waals surface area contributed by atoms with E-state index in [4.69, 9.17) is 9.47 Å². The van der Waals surface area contributed by atoms with Gasteiger partial charge in [0.05, 0.1) is 23.6 Å². The number of benzene rings is 2. The largest absolute Gasteiger partial charge is 0.515 e. The lowest BCUT2D eigenvalue weighted by atomic mass is 10.2. The number of non-ortho nitro benzene ring substituents is 1. The smallest absolute Gasteiger partial charge is 0.434 e. The van der Waals surface area contributed by atoms with Gasteiger partial charge in [-0.15, -0.1) is 0 Å². The molecule has 134 valence electrons. The molecule has 0 saturated carbocycles. The molecule has 0 N–H and O–H groups in total.